The zero-order chi connectivity index (χ0) is 27.4. The molecule has 38 heavy (non-hydrogen) atoms. The van der Waals surface area contributed by atoms with Crippen molar-refractivity contribution in [2.75, 3.05) is 59.7 Å². The Kier molecular flexibility index (Phi) is 14.9. The highest BCUT2D eigenvalue weighted by molar-refractivity contribution is 5.78. The number of nitrogens with one attached hydrogen (secondary N) is 2. The van der Waals surface area contributed by atoms with Crippen molar-refractivity contribution in [3.63, 3.8) is 0 Å². The van der Waals surface area contributed by atoms with Crippen LogP contribution >= 0.6 is 0 Å². The van der Waals surface area contributed by atoms with Gasteiger partial charge in [-0.2, -0.15) is 0 Å². The maximum Gasteiger partial charge on any atom is 0.410 e. The second-order valence-electron chi connectivity index (χ2n) is 8.27. The molecule has 1 atom stereocenters. The second-order valence-corrected chi connectivity index (χ2v) is 8.27. The summed E-state index contributed by atoms with van der Waals surface area (Å²) in [5, 5.41) is 5.44. The van der Waals surface area contributed by atoms with Crippen molar-refractivity contribution in [2.45, 2.75) is 19.1 Å². The van der Waals surface area contributed by atoms with Crippen molar-refractivity contribution >= 4 is 18.1 Å². The maximum atomic E-state index is 12.7. The third kappa shape index (κ3) is 13.0. The molecule has 1 unspecified atom stereocenters. The summed E-state index contributed by atoms with van der Waals surface area (Å²) in [6.45, 7) is 2.64. The summed E-state index contributed by atoms with van der Waals surface area (Å²) < 4.78 is 21.5. The highest BCUT2D eigenvalue weighted by Crippen LogP contribution is 2.21. The van der Waals surface area contributed by atoms with Crippen molar-refractivity contribution in [2.24, 2.45) is 5.73 Å². The fourth-order valence-electron chi connectivity index (χ4n) is 3.24. The van der Waals surface area contributed by atoms with E-state index < -0.39 is 18.2 Å². The summed E-state index contributed by atoms with van der Waals surface area (Å²) in [6.07, 6.45) is -0.957. The van der Waals surface area contributed by atoms with E-state index >= 15 is 0 Å². The first kappa shape index (κ1) is 30.6. The Balaban J connectivity index is 1.73. The molecule has 11 heteroatoms. The number of nitrogens with zero attached hydrogens (tertiary/aromatic N) is 1. The van der Waals surface area contributed by atoms with E-state index in [4.69, 9.17) is 24.7 Å². The molecule has 0 radical (unpaired) electrons. The normalized spacial score (nSPS) is 11.3. The molecule has 208 valence electrons. The van der Waals surface area contributed by atoms with E-state index in [1.165, 1.54) is 7.05 Å². The van der Waals surface area contributed by atoms with Crippen LogP contribution < -0.4 is 16.4 Å². The Labute approximate surface area is 223 Å². The Morgan fingerprint density at radius 1 is 0.868 bits per heavy atom. The van der Waals surface area contributed by atoms with Crippen molar-refractivity contribution in [3.8, 4) is 0 Å². The van der Waals surface area contributed by atoms with Gasteiger partial charge < -0.3 is 40.2 Å². The Hall–Kier alpha value is -3.67. The molecule has 0 aliphatic rings. The lowest BCUT2D eigenvalue weighted by atomic mass is 10.1. The SMILES string of the molecule is CN(CC(=O)OCc1ccccc1)C(=O)OC(CCNC(=O)NCCOCCOCCN)c1ccccc1. The number of carbonyl (C=O) groups is 3. The van der Waals surface area contributed by atoms with Crippen LogP contribution in [0.2, 0.25) is 0 Å². The van der Waals surface area contributed by atoms with Gasteiger partial charge >= 0.3 is 18.1 Å². The largest absolute Gasteiger partial charge is 0.459 e. The number of carbonyl (C=O) groups excluding carboxylic acids is 3. The lowest BCUT2D eigenvalue weighted by Gasteiger charge is -2.23. The first-order valence-corrected chi connectivity index (χ1v) is 12.5. The smallest absolute Gasteiger partial charge is 0.410 e. The Morgan fingerprint density at radius 2 is 1.50 bits per heavy atom. The van der Waals surface area contributed by atoms with Gasteiger partial charge in [0.1, 0.15) is 19.3 Å². The molecule has 0 fully saturated rings. The molecule has 3 amide bonds. The number of amides is 3. The van der Waals surface area contributed by atoms with Crippen LogP contribution in [0.3, 0.4) is 0 Å². The van der Waals surface area contributed by atoms with E-state index in [0.717, 1.165) is 16.0 Å². The van der Waals surface area contributed by atoms with E-state index in [2.05, 4.69) is 10.6 Å². The van der Waals surface area contributed by atoms with Gasteiger partial charge in [0.2, 0.25) is 0 Å². The molecule has 0 saturated carbocycles. The lowest BCUT2D eigenvalue weighted by Crippen LogP contribution is -2.39. The molecule has 0 aliphatic heterocycles. The van der Waals surface area contributed by atoms with Crippen molar-refractivity contribution in [1.82, 2.24) is 15.5 Å². The molecule has 2 rings (SSSR count). The molecule has 0 aromatic heterocycles. The number of benzene rings is 2. The van der Waals surface area contributed by atoms with Crippen LogP contribution in [-0.4, -0.2) is 82.6 Å². The Morgan fingerprint density at radius 3 is 2.18 bits per heavy atom. The van der Waals surface area contributed by atoms with Gasteiger partial charge in [0.05, 0.1) is 26.4 Å². The predicted molar refractivity (Wildman–Crippen MR) is 141 cm³/mol. The lowest BCUT2D eigenvalue weighted by molar-refractivity contribution is -0.145. The molecule has 0 saturated heterocycles. The van der Waals surface area contributed by atoms with Gasteiger partial charge in [-0.25, -0.2) is 9.59 Å². The highest BCUT2D eigenvalue weighted by Gasteiger charge is 2.21. The van der Waals surface area contributed by atoms with Crippen LogP contribution in [-0.2, 0) is 30.3 Å². The van der Waals surface area contributed by atoms with E-state index in [9.17, 15) is 14.4 Å². The third-order valence-corrected chi connectivity index (χ3v) is 5.19. The molecule has 11 nitrogen and oxygen atoms in total. The highest BCUT2D eigenvalue weighted by atomic mass is 16.6. The molecule has 2 aromatic carbocycles. The summed E-state index contributed by atoms with van der Waals surface area (Å²) in [5.74, 6) is -0.546. The monoisotopic (exact) mass is 530 g/mol. The van der Waals surface area contributed by atoms with Crippen molar-refractivity contribution in [3.05, 3.63) is 71.8 Å². The first-order valence-electron chi connectivity index (χ1n) is 12.5. The number of likely N-dealkylation sites (N-methyl/N-ethyl adjacent to an activating group) is 1. The van der Waals surface area contributed by atoms with Crippen LogP contribution in [0.1, 0.15) is 23.7 Å². The van der Waals surface area contributed by atoms with Crippen LogP contribution in [0.4, 0.5) is 9.59 Å². The zero-order valence-electron chi connectivity index (χ0n) is 21.8. The molecule has 0 spiro atoms. The number of hydrogen-bond donors (Lipinski definition) is 3. The summed E-state index contributed by atoms with van der Waals surface area (Å²) in [7, 11) is 1.46. The van der Waals surface area contributed by atoms with Gasteiger partial charge in [0.25, 0.3) is 0 Å². The number of esters is 1. The molecule has 4 N–H and O–H groups in total. The third-order valence-electron chi connectivity index (χ3n) is 5.19. The van der Waals surface area contributed by atoms with Gasteiger partial charge in [-0.05, 0) is 11.1 Å². The first-order chi connectivity index (χ1) is 18.5. The molecular formula is C27H38N4O7. The number of rotatable bonds is 17. The van der Waals surface area contributed by atoms with E-state index in [-0.39, 0.29) is 25.7 Å². The average Bonchev–Trinajstić information content (AvgIpc) is 2.93. The number of hydrogen-bond acceptors (Lipinski definition) is 8. The fraction of sp³-hybridized carbons (Fsp3) is 0.444. The van der Waals surface area contributed by atoms with E-state index in [0.29, 0.717) is 45.9 Å². The molecule has 2 aromatic rings. The summed E-state index contributed by atoms with van der Waals surface area (Å²) in [6, 6.07) is 18.1. The van der Waals surface area contributed by atoms with Crippen LogP contribution in [0, 0.1) is 0 Å². The van der Waals surface area contributed by atoms with E-state index in [1.807, 2.05) is 60.7 Å². The number of nitrogens with two attached hydrogens (primary N) is 1. The van der Waals surface area contributed by atoms with Gasteiger partial charge in [0, 0.05) is 33.1 Å². The Bertz CT molecular complexity index is 947. The summed E-state index contributed by atoms with van der Waals surface area (Å²) in [4.78, 5) is 38.1. The topological polar surface area (TPSA) is 141 Å². The molecular weight excluding hydrogens is 492 g/mol. The average molecular weight is 531 g/mol. The number of ether oxygens (including phenoxy) is 4. The van der Waals surface area contributed by atoms with Crippen LogP contribution in [0.5, 0.6) is 0 Å². The van der Waals surface area contributed by atoms with Gasteiger partial charge in [-0.1, -0.05) is 60.7 Å². The molecule has 0 aliphatic carbocycles. The maximum absolute atomic E-state index is 12.7. The minimum Gasteiger partial charge on any atom is -0.459 e. The summed E-state index contributed by atoms with van der Waals surface area (Å²) >= 11 is 0. The van der Waals surface area contributed by atoms with Gasteiger partial charge in [-0.15, -0.1) is 0 Å². The molecule has 0 bridgehead atoms. The quantitative estimate of drug-likeness (QED) is 0.209. The van der Waals surface area contributed by atoms with Crippen LogP contribution in [0.25, 0.3) is 0 Å². The summed E-state index contributed by atoms with van der Waals surface area (Å²) in [5.41, 5.74) is 6.96. The zero-order valence-corrected chi connectivity index (χ0v) is 21.8. The van der Waals surface area contributed by atoms with E-state index in [1.54, 1.807) is 0 Å². The van der Waals surface area contributed by atoms with Crippen molar-refractivity contribution < 1.29 is 33.3 Å². The fourth-order valence-corrected chi connectivity index (χ4v) is 3.24. The predicted octanol–water partition coefficient (Wildman–Crippen LogP) is 2.22. The molecule has 0 heterocycles. The minimum absolute atomic E-state index is 0.123. The van der Waals surface area contributed by atoms with Crippen LogP contribution in [0.15, 0.2) is 60.7 Å². The minimum atomic E-state index is -0.674. The van der Waals surface area contributed by atoms with Crippen molar-refractivity contribution in [1.29, 1.82) is 0 Å². The number of urea groups is 1. The van der Waals surface area contributed by atoms with Gasteiger partial charge in [-0.3, -0.25) is 4.79 Å². The standard InChI is InChI=1S/C27H38N4O7/c1-31(20-25(32)37-21-22-8-4-2-5-9-22)27(34)38-24(23-10-6-3-7-11-23)12-14-29-26(33)30-15-17-36-19-18-35-16-13-28/h2-11,24H,12-21,28H2,1H3,(H2,29,30,33). The van der Waals surface area contributed by atoms with Gasteiger partial charge in [0.15, 0.2) is 0 Å². The second kappa shape index (κ2) is 18.6.